The Labute approximate surface area is 122 Å². The number of nitrogens with one attached hydrogen (secondary N) is 1. The van der Waals surface area contributed by atoms with Crippen molar-refractivity contribution in [2.45, 2.75) is 45.1 Å². The highest BCUT2D eigenvalue weighted by Crippen LogP contribution is 2.29. The van der Waals surface area contributed by atoms with Crippen LogP contribution >= 0.6 is 0 Å². The normalized spacial score (nSPS) is 21.0. The first-order valence-electron chi connectivity index (χ1n) is 7.53. The monoisotopic (exact) mass is 286 g/mol. The Morgan fingerprint density at radius 3 is 3.19 bits per heavy atom. The Kier molecular flexibility index (Phi) is 2.83. The Morgan fingerprint density at radius 1 is 1.43 bits per heavy atom. The molecule has 1 aliphatic heterocycles. The van der Waals surface area contributed by atoms with Gasteiger partial charge in [0.05, 0.1) is 6.20 Å². The number of hydrogen-bond acceptors (Lipinski definition) is 4. The first-order valence-corrected chi connectivity index (χ1v) is 7.53. The van der Waals surface area contributed by atoms with Gasteiger partial charge >= 0.3 is 0 Å². The van der Waals surface area contributed by atoms with Crippen LogP contribution in [0.3, 0.4) is 0 Å². The Morgan fingerprint density at radius 2 is 2.29 bits per heavy atom. The van der Waals surface area contributed by atoms with Gasteiger partial charge in [0.2, 0.25) is 0 Å². The van der Waals surface area contributed by atoms with E-state index in [1.54, 1.807) is 0 Å². The number of carbonyl (C=O) groups excluding carboxylic acids is 1. The fraction of sp³-hybridized carbons (Fsp3) is 0.533. The van der Waals surface area contributed by atoms with E-state index in [0.29, 0.717) is 18.8 Å². The molecule has 0 spiro atoms. The molecule has 0 aromatic carbocycles. The maximum Gasteiger partial charge on any atom is 0.276 e. The third-order valence-electron chi connectivity index (χ3n) is 4.54. The molecule has 4 rings (SSSR count). The van der Waals surface area contributed by atoms with Crippen molar-refractivity contribution < 1.29 is 9.32 Å². The van der Waals surface area contributed by atoms with Gasteiger partial charge in [-0.1, -0.05) is 12.1 Å². The second-order valence-electron chi connectivity index (χ2n) is 6.04. The summed E-state index contributed by atoms with van der Waals surface area (Å²) >= 11 is 0. The number of nitrogens with zero attached hydrogens (tertiary/aromatic N) is 3. The molecule has 0 radical (unpaired) electrons. The number of rotatable bonds is 1. The summed E-state index contributed by atoms with van der Waals surface area (Å²) in [4.78, 5) is 14.6. The SMILES string of the molecule is CC1CN(C(=O)c2noc3c2CCCC3)Cc2cn[nH]c21. The van der Waals surface area contributed by atoms with Crippen LogP contribution < -0.4 is 0 Å². The number of H-pyrrole nitrogens is 1. The molecule has 3 heterocycles. The zero-order valence-corrected chi connectivity index (χ0v) is 12.1. The van der Waals surface area contributed by atoms with E-state index in [-0.39, 0.29) is 11.8 Å². The molecule has 1 aliphatic carbocycles. The third kappa shape index (κ3) is 1.97. The second-order valence-corrected chi connectivity index (χ2v) is 6.04. The number of hydrogen-bond donors (Lipinski definition) is 1. The lowest BCUT2D eigenvalue weighted by Crippen LogP contribution is -2.38. The summed E-state index contributed by atoms with van der Waals surface area (Å²) in [6, 6.07) is 0. The molecular formula is C15H18N4O2. The summed E-state index contributed by atoms with van der Waals surface area (Å²) in [6.07, 6.45) is 5.84. The van der Waals surface area contributed by atoms with Crippen LogP contribution in [0.25, 0.3) is 0 Å². The fourth-order valence-corrected chi connectivity index (χ4v) is 3.42. The molecule has 6 nitrogen and oxygen atoms in total. The van der Waals surface area contributed by atoms with Gasteiger partial charge in [0.1, 0.15) is 5.76 Å². The molecule has 2 aromatic heterocycles. The molecular weight excluding hydrogens is 268 g/mol. The smallest absolute Gasteiger partial charge is 0.276 e. The molecule has 0 bridgehead atoms. The van der Waals surface area contributed by atoms with Crippen LogP contribution in [-0.2, 0) is 19.4 Å². The highest BCUT2D eigenvalue weighted by molar-refractivity contribution is 5.94. The summed E-state index contributed by atoms with van der Waals surface area (Å²) in [7, 11) is 0. The van der Waals surface area contributed by atoms with Gasteiger partial charge < -0.3 is 9.42 Å². The van der Waals surface area contributed by atoms with Gasteiger partial charge in [-0.15, -0.1) is 0 Å². The molecule has 0 fully saturated rings. The van der Waals surface area contributed by atoms with E-state index in [2.05, 4.69) is 22.3 Å². The molecule has 1 amide bonds. The molecule has 2 aromatic rings. The van der Waals surface area contributed by atoms with E-state index in [9.17, 15) is 4.79 Å². The highest BCUT2D eigenvalue weighted by atomic mass is 16.5. The summed E-state index contributed by atoms with van der Waals surface area (Å²) in [5.74, 6) is 1.15. The number of carbonyl (C=O) groups is 1. The lowest BCUT2D eigenvalue weighted by molar-refractivity contribution is 0.0708. The average Bonchev–Trinajstić information content (AvgIpc) is 3.13. The number of aryl methyl sites for hydroxylation is 1. The van der Waals surface area contributed by atoms with Crippen molar-refractivity contribution in [3.05, 3.63) is 34.5 Å². The lowest BCUT2D eigenvalue weighted by Gasteiger charge is -2.30. The quantitative estimate of drug-likeness (QED) is 0.870. The van der Waals surface area contributed by atoms with E-state index in [4.69, 9.17) is 4.52 Å². The summed E-state index contributed by atoms with van der Waals surface area (Å²) < 4.78 is 5.36. The topological polar surface area (TPSA) is 75.0 Å². The van der Waals surface area contributed by atoms with Gasteiger partial charge in [-0.25, -0.2) is 0 Å². The zero-order valence-electron chi connectivity index (χ0n) is 12.1. The van der Waals surface area contributed by atoms with Crippen LogP contribution in [-0.4, -0.2) is 32.7 Å². The van der Waals surface area contributed by atoms with Crippen molar-refractivity contribution in [3.8, 4) is 0 Å². The number of amides is 1. The van der Waals surface area contributed by atoms with Crippen molar-refractivity contribution in [2.75, 3.05) is 6.54 Å². The molecule has 2 aliphatic rings. The maximum atomic E-state index is 12.8. The third-order valence-corrected chi connectivity index (χ3v) is 4.54. The van der Waals surface area contributed by atoms with E-state index in [1.165, 1.54) is 0 Å². The van der Waals surface area contributed by atoms with E-state index in [1.807, 2.05) is 11.1 Å². The molecule has 1 N–H and O–H groups in total. The maximum absolute atomic E-state index is 12.8. The first-order chi connectivity index (χ1) is 10.2. The highest BCUT2D eigenvalue weighted by Gasteiger charge is 2.32. The number of aromatic amines is 1. The molecule has 21 heavy (non-hydrogen) atoms. The van der Waals surface area contributed by atoms with Crippen molar-refractivity contribution in [1.29, 1.82) is 0 Å². The van der Waals surface area contributed by atoms with Gasteiger partial charge in [-0.2, -0.15) is 5.10 Å². The van der Waals surface area contributed by atoms with Crippen molar-refractivity contribution >= 4 is 5.91 Å². The van der Waals surface area contributed by atoms with Crippen molar-refractivity contribution in [2.24, 2.45) is 0 Å². The van der Waals surface area contributed by atoms with Gasteiger partial charge in [0.25, 0.3) is 5.91 Å². The molecule has 6 heteroatoms. The molecule has 0 saturated carbocycles. The van der Waals surface area contributed by atoms with Crippen LogP contribution in [0.5, 0.6) is 0 Å². The predicted octanol–water partition coefficient (Wildman–Crippen LogP) is 2.04. The van der Waals surface area contributed by atoms with Crippen LogP contribution in [0, 0.1) is 0 Å². The first kappa shape index (κ1) is 12.6. The molecule has 1 unspecified atom stereocenters. The molecule has 0 saturated heterocycles. The minimum atomic E-state index is -0.0133. The average molecular weight is 286 g/mol. The van der Waals surface area contributed by atoms with Crippen LogP contribution in [0.4, 0.5) is 0 Å². The van der Waals surface area contributed by atoms with Crippen LogP contribution in [0.15, 0.2) is 10.7 Å². The minimum Gasteiger partial charge on any atom is -0.360 e. The van der Waals surface area contributed by atoms with Crippen molar-refractivity contribution in [1.82, 2.24) is 20.3 Å². The number of fused-ring (bicyclic) bond motifs is 2. The zero-order chi connectivity index (χ0) is 14.4. The van der Waals surface area contributed by atoms with E-state index in [0.717, 1.165) is 48.3 Å². The van der Waals surface area contributed by atoms with E-state index < -0.39 is 0 Å². The Bertz CT molecular complexity index is 688. The van der Waals surface area contributed by atoms with E-state index >= 15 is 0 Å². The largest absolute Gasteiger partial charge is 0.360 e. The minimum absolute atomic E-state index is 0.0133. The molecule has 1 atom stereocenters. The number of aromatic nitrogens is 3. The van der Waals surface area contributed by atoms with Gasteiger partial charge in [-0.3, -0.25) is 9.89 Å². The Balaban J connectivity index is 1.63. The predicted molar refractivity (Wildman–Crippen MR) is 74.9 cm³/mol. The fourth-order valence-electron chi connectivity index (χ4n) is 3.42. The molecule has 110 valence electrons. The summed E-state index contributed by atoms with van der Waals surface area (Å²) in [6.45, 7) is 3.39. The van der Waals surface area contributed by atoms with Gasteiger partial charge in [0.15, 0.2) is 5.69 Å². The van der Waals surface area contributed by atoms with Crippen LogP contribution in [0.2, 0.25) is 0 Å². The Hall–Kier alpha value is -2.11. The van der Waals surface area contributed by atoms with Crippen LogP contribution in [0.1, 0.15) is 58.8 Å². The lowest BCUT2D eigenvalue weighted by atomic mass is 9.95. The van der Waals surface area contributed by atoms with Crippen molar-refractivity contribution in [3.63, 3.8) is 0 Å². The van der Waals surface area contributed by atoms with Gasteiger partial charge in [-0.05, 0) is 19.3 Å². The standard InChI is InChI=1S/C15H18N4O2/c1-9-7-19(8-10-6-16-17-13(9)10)15(20)14-11-4-2-3-5-12(11)21-18-14/h6,9H,2-5,7-8H2,1H3,(H,16,17). The summed E-state index contributed by atoms with van der Waals surface area (Å²) in [5, 5.41) is 11.2. The van der Waals surface area contributed by atoms with Gasteiger partial charge in [0, 0.05) is 42.2 Å². The second kappa shape index (κ2) is 4.72. The summed E-state index contributed by atoms with van der Waals surface area (Å²) in [5.41, 5.74) is 3.78.